The minimum Gasteiger partial charge on any atom is -0.393 e. The van der Waals surface area contributed by atoms with Crippen molar-refractivity contribution in [2.75, 3.05) is 13.1 Å². The van der Waals surface area contributed by atoms with Crippen LogP contribution in [0.4, 0.5) is 0 Å². The van der Waals surface area contributed by atoms with E-state index in [4.69, 9.17) is 5.11 Å². The third-order valence-electron chi connectivity index (χ3n) is 1.40. The van der Waals surface area contributed by atoms with Gasteiger partial charge in [-0.05, 0) is 19.8 Å². The number of nitrogens with zero attached hydrogens (tertiary/aromatic N) is 2. The van der Waals surface area contributed by atoms with E-state index in [2.05, 4.69) is 5.29 Å². The van der Waals surface area contributed by atoms with Gasteiger partial charge in [0.1, 0.15) is 0 Å². The lowest BCUT2D eigenvalue weighted by Crippen LogP contribution is -2.21. The van der Waals surface area contributed by atoms with E-state index in [9.17, 15) is 4.91 Å². The summed E-state index contributed by atoms with van der Waals surface area (Å²) < 4.78 is 0. The number of nitroso groups, excluding NO2 is 1. The fourth-order valence-electron chi connectivity index (χ4n) is 0.787. The summed E-state index contributed by atoms with van der Waals surface area (Å²) in [5.74, 6) is 0. The van der Waals surface area contributed by atoms with Crippen molar-refractivity contribution in [3.05, 3.63) is 4.91 Å². The summed E-state index contributed by atoms with van der Waals surface area (Å²) >= 11 is 0. The molecule has 4 nitrogen and oxygen atoms in total. The van der Waals surface area contributed by atoms with E-state index in [0.29, 0.717) is 19.5 Å². The maximum atomic E-state index is 10.1. The molecular weight excluding hydrogens is 144 g/mol. The fourth-order valence-corrected chi connectivity index (χ4v) is 0.787. The van der Waals surface area contributed by atoms with Gasteiger partial charge in [0, 0.05) is 13.1 Å². The SMILES string of the molecule is CCCN(CCC(C)O)N=O. The monoisotopic (exact) mass is 160 g/mol. The van der Waals surface area contributed by atoms with Crippen molar-refractivity contribution in [1.29, 1.82) is 0 Å². The molecule has 0 saturated heterocycles. The highest BCUT2D eigenvalue weighted by molar-refractivity contribution is 4.54. The Labute approximate surface area is 67.1 Å². The number of aliphatic hydroxyl groups excluding tert-OH is 1. The third kappa shape index (κ3) is 5.79. The quantitative estimate of drug-likeness (QED) is 0.468. The van der Waals surface area contributed by atoms with Crippen LogP contribution in [0, 0.1) is 4.91 Å². The van der Waals surface area contributed by atoms with Crippen LogP contribution in [0.5, 0.6) is 0 Å². The Kier molecular flexibility index (Phi) is 5.74. The highest BCUT2D eigenvalue weighted by Gasteiger charge is 2.02. The first-order valence-electron chi connectivity index (χ1n) is 3.97. The number of rotatable bonds is 6. The van der Waals surface area contributed by atoms with Crippen molar-refractivity contribution < 1.29 is 5.11 Å². The van der Waals surface area contributed by atoms with Crippen molar-refractivity contribution in [3.8, 4) is 0 Å². The molecule has 0 radical (unpaired) electrons. The lowest BCUT2D eigenvalue weighted by molar-refractivity contribution is 0.157. The molecule has 0 rings (SSSR count). The molecule has 0 aliphatic carbocycles. The molecule has 0 spiro atoms. The van der Waals surface area contributed by atoms with Crippen molar-refractivity contribution in [2.45, 2.75) is 32.8 Å². The van der Waals surface area contributed by atoms with Crippen LogP contribution in [0.25, 0.3) is 0 Å². The molecule has 0 fully saturated rings. The highest BCUT2D eigenvalue weighted by atomic mass is 16.3. The average molecular weight is 160 g/mol. The molecule has 0 bridgehead atoms. The smallest absolute Gasteiger partial charge is 0.0529 e. The summed E-state index contributed by atoms with van der Waals surface area (Å²) in [4.78, 5) is 10.1. The van der Waals surface area contributed by atoms with E-state index >= 15 is 0 Å². The zero-order chi connectivity index (χ0) is 8.69. The van der Waals surface area contributed by atoms with Crippen LogP contribution in [-0.2, 0) is 0 Å². The lowest BCUT2D eigenvalue weighted by atomic mass is 10.3. The Bertz CT molecular complexity index is 107. The summed E-state index contributed by atoms with van der Waals surface area (Å²) in [5, 5.41) is 13.2. The normalized spacial score (nSPS) is 12.6. The van der Waals surface area contributed by atoms with Gasteiger partial charge in [0.2, 0.25) is 0 Å². The van der Waals surface area contributed by atoms with Crippen molar-refractivity contribution in [2.24, 2.45) is 5.29 Å². The van der Waals surface area contributed by atoms with E-state index in [1.165, 1.54) is 5.01 Å². The molecule has 66 valence electrons. The number of hydrogen-bond donors (Lipinski definition) is 1. The molecule has 0 heterocycles. The van der Waals surface area contributed by atoms with Crippen LogP contribution >= 0.6 is 0 Å². The van der Waals surface area contributed by atoms with Gasteiger partial charge < -0.3 is 5.11 Å². The molecule has 0 aliphatic heterocycles. The number of hydrogen-bond acceptors (Lipinski definition) is 3. The summed E-state index contributed by atoms with van der Waals surface area (Å²) in [5.41, 5.74) is 0. The summed E-state index contributed by atoms with van der Waals surface area (Å²) in [6, 6.07) is 0. The zero-order valence-corrected chi connectivity index (χ0v) is 7.16. The third-order valence-corrected chi connectivity index (χ3v) is 1.40. The van der Waals surface area contributed by atoms with Crippen molar-refractivity contribution in [1.82, 2.24) is 5.01 Å². The van der Waals surface area contributed by atoms with Gasteiger partial charge in [0.25, 0.3) is 0 Å². The second-order valence-corrected chi connectivity index (χ2v) is 2.67. The van der Waals surface area contributed by atoms with Crippen LogP contribution in [0.15, 0.2) is 5.29 Å². The van der Waals surface area contributed by atoms with Gasteiger partial charge >= 0.3 is 0 Å². The molecule has 11 heavy (non-hydrogen) atoms. The maximum Gasteiger partial charge on any atom is 0.0529 e. The van der Waals surface area contributed by atoms with Gasteiger partial charge in [0.05, 0.1) is 11.4 Å². The average Bonchev–Trinajstić information content (AvgIpc) is 1.97. The van der Waals surface area contributed by atoms with Gasteiger partial charge in [-0.1, -0.05) is 6.92 Å². The summed E-state index contributed by atoms with van der Waals surface area (Å²) in [6.45, 7) is 4.92. The fraction of sp³-hybridized carbons (Fsp3) is 1.00. The van der Waals surface area contributed by atoms with Crippen LogP contribution in [0.1, 0.15) is 26.7 Å². The molecule has 0 aromatic carbocycles. The molecule has 0 aromatic rings. The van der Waals surface area contributed by atoms with E-state index in [1.807, 2.05) is 6.92 Å². The standard InChI is InChI=1S/C7H16N2O2/c1-3-5-9(8-11)6-4-7(2)10/h7,10H,3-6H2,1-2H3. The van der Waals surface area contributed by atoms with Crippen molar-refractivity contribution >= 4 is 0 Å². The van der Waals surface area contributed by atoms with Gasteiger partial charge in [-0.25, -0.2) is 0 Å². The van der Waals surface area contributed by atoms with Gasteiger partial charge in [-0.2, -0.15) is 0 Å². The summed E-state index contributed by atoms with van der Waals surface area (Å²) in [7, 11) is 0. The minimum atomic E-state index is -0.351. The lowest BCUT2D eigenvalue weighted by Gasteiger charge is -2.14. The molecule has 0 aliphatic rings. The van der Waals surface area contributed by atoms with Gasteiger partial charge in [-0.3, -0.25) is 5.01 Å². The molecule has 1 N–H and O–H groups in total. The molecule has 1 unspecified atom stereocenters. The Balaban J connectivity index is 3.43. The predicted molar refractivity (Wildman–Crippen MR) is 44.0 cm³/mol. The van der Waals surface area contributed by atoms with E-state index in [1.54, 1.807) is 6.92 Å². The second-order valence-electron chi connectivity index (χ2n) is 2.67. The first-order valence-corrected chi connectivity index (χ1v) is 3.97. The molecule has 4 heteroatoms. The maximum absolute atomic E-state index is 10.1. The zero-order valence-electron chi connectivity index (χ0n) is 7.16. The van der Waals surface area contributed by atoms with E-state index in [0.717, 1.165) is 6.42 Å². The molecule has 0 aromatic heterocycles. The Hall–Kier alpha value is -0.640. The molecular formula is C7H16N2O2. The van der Waals surface area contributed by atoms with Crippen molar-refractivity contribution in [3.63, 3.8) is 0 Å². The topological polar surface area (TPSA) is 52.9 Å². The second kappa shape index (κ2) is 6.09. The molecule has 0 saturated carbocycles. The first kappa shape index (κ1) is 10.4. The van der Waals surface area contributed by atoms with Crippen LogP contribution in [0.3, 0.4) is 0 Å². The van der Waals surface area contributed by atoms with Crippen LogP contribution in [-0.4, -0.2) is 29.3 Å². The molecule has 0 amide bonds. The van der Waals surface area contributed by atoms with Gasteiger partial charge in [-0.15, -0.1) is 4.91 Å². The Morgan fingerprint density at radius 2 is 2.18 bits per heavy atom. The summed E-state index contributed by atoms with van der Waals surface area (Å²) in [6.07, 6.45) is 1.16. The predicted octanol–water partition coefficient (Wildman–Crippen LogP) is 1.15. The van der Waals surface area contributed by atoms with E-state index < -0.39 is 0 Å². The highest BCUT2D eigenvalue weighted by Crippen LogP contribution is 1.97. The van der Waals surface area contributed by atoms with E-state index in [-0.39, 0.29) is 6.10 Å². The van der Waals surface area contributed by atoms with Crippen LogP contribution < -0.4 is 0 Å². The number of aliphatic hydroxyl groups is 1. The minimum absolute atomic E-state index is 0.351. The van der Waals surface area contributed by atoms with Gasteiger partial charge in [0.15, 0.2) is 0 Å². The largest absolute Gasteiger partial charge is 0.393 e. The molecule has 1 atom stereocenters. The van der Waals surface area contributed by atoms with Crippen LogP contribution in [0.2, 0.25) is 0 Å². The Morgan fingerprint density at radius 1 is 1.55 bits per heavy atom. The Morgan fingerprint density at radius 3 is 2.55 bits per heavy atom. The first-order chi connectivity index (χ1) is 5.20.